The monoisotopic (exact) mass is 532 g/mol. The SMILES string of the molecule is CCCCCCCc1ccc(CCc2ccc3cc(C#Cc4ccc(CCCCCC)cc4)ccc3c2F)cc1. The summed E-state index contributed by atoms with van der Waals surface area (Å²) in [6, 6.07) is 27.3. The highest BCUT2D eigenvalue weighted by Gasteiger charge is 2.08. The predicted molar refractivity (Wildman–Crippen MR) is 170 cm³/mol. The van der Waals surface area contributed by atoms with Gasteiger partial charge in [-0.1, -0.05) is 125 Å². The molecule has 208 valence electrons. The van der Waals surface area contributed by atoms with Gasteiger partial charge in [0.15, 0.2) is 0 Å². The van der Waals surface area contributed by atoms with Crippen molar-refractivity contribution in [3.8, 4) is 11.8 Å². The van der Waals surface area contributed by atoms with Gasteiger partial charge in [-0.05, 0) is 90.4 Å². The third-order valence-electron chi connectivity index (χ3n) is 7.93. The van der Waals surface area contributed by atoms with Crippen molar-refractivity contribution in [2.75, 3.05) is 0 Å². The molecule has 0 fully saturated rings. The van der Waals surface area contributed by atoms with E-state index in [1.807, 2.05) is 30.3 Å². The number of rotatable bonds is 14. The molecule has 0 aromatic heterocycles. The minimum absolute atomic E-state index is 0.102. The summed E-state index contributed by atoms with van der Waals surface area (Å²) in [4.78, 5) is 0. The van der Waals surface area contributed by atoms with Crippen molar-refractivity contribution < 1.29 is 4.39 Å². The van der Waals surface area contributed by atoms with E-state index in [4.69, 9.17) is 0 Å². The van der Waals surface area contributed by atoms with E-state index in [1.54, 1.807) is 0 Å². The zero-order valence-corrected chi connectivity index (χ0v) is 24.6. The molecule has 0 bridgehead atoms. The van der Waals surface area contributed by atoms with E-state index < -0.39 is 0 Å². The van der Waals surface area contributed by atoms with Crippen LogP contribution >= 0.6 is 0 Å². The Labute approximate surface area is 242 Å². The molecule has 0 saturated heterocycles. The minimum atomic E-state index is -0.102. The van der Waals surface area contributed by atoms with E-state index >= 15 is 4.39 Å². The first-order valence-corrected chi connectivity index (χ1v) is 15.6. The molecule has 0 saturated carbocycles. The van der Waals surface area contributed by atoms with Gasteiger partial charge in [0, 0.05) is 16.5 Å². The Bertz CT molecular complexity index is 1380. The lowest BCUT2D eigenvalue weighted by molar-refractivity contribution is 0.620. The van der Waals surface area contributed by atoms with Crippen molar-refractivity contribution in [3.05, 3.63) is 118 Å². The van der Waals surface area contributed by atoms with Crippen LogP contribution in [0.1, 0.15) is 105 Å². The molecule has 0 N–H and O–H groups in total. The van der Waals surface area contributed by atoms with Crippen molar-refractivity contribution in [2.45, 2.75) is 97.3 Å². The largest absolute Gasteiger partial charge is 0.206 e. The number of fused-ring (bicyclic) bond motifs is 1. The highest BCUT2D eigenvalue weighted by molar-refractivity contribution is 5.85. The van der Waals surface area contributed by atoms with E-state index in [-0.39, 0.29) is 5.82 Å². The van der Waals surface area contributed by atoms with Crippen molar-refractivity contribution in [3.63, 3.8) is 0 Å². The summed E-state index contributed by atoms with van der Waals surface area (Å²) in [5.41, 5.74) is 6.76. The number of halogens is 1. The Kier molecular flexibility index (Phi) is 11.9. The second-order valence-corrected chi connectivity index (χ2v) is 11.2. The third-order valence-corrected chi connectivity index (χ3v) is 7.93. The van der Waals surface area contributed by atoms with E-state index in [9.17, 15) is 0 Å². The van der Waals surface area contributed by atoms with Crippen LogP contribution in [-0.4, -0.2) is 0 Å². The highest BCUT2D eigenvalue weighted by Crippen LogP contribution is 2.24. The van der Waals surface area contributed by atoms with Crippen LogP contribution in [0.3, 0.4) is 0 Å². The van der Waals surface area contributed by atoms with Crippen molar-refractivity contribution in [2.24, 2.45) is 0 Å². The Morgan fingerprint density at radius 2 is 1.02 bits per heavy atom. The molecular formula is C39H45F. The predicted octanol–water partition coefficient (Wildman–Crippen LogP) is 10.8. The number of hydrogen-bond acceptors (Lipinski definition) is 0. The number of aryl methyl sites for hydroxylation is 4. The fourth-order valence-electron chi connectivity index (χ4n) is 5.35. The molecule has 0 spiro atoms. The van der Waals surface area contributed by atoms with Gasteiger partial charge in [0.05, 0.1) is 0 Å². The Hall–Kier alpha value is -3.37. The summed E-state index contributed by atoms with van der Waals surface area (Å²) >= 11 is 0. The lowest BCUT2D eigenvalue weighted by atomic mass is 9.98. The molecule has 4 rings (SSSR count). The molecule has 0 aliphatic carbocycles. The van der Waals surface area contributed by atoms with Gasteiger partial charge in [0.25, 0.3) is 0 Å². The third kappa shape index (κ3) is 9.09. The van der Waals surface area contributed by atoms with E-state index in [0.717, 1.165) is 41.3 Å². The first kappa shape index (κ1) is 29.6. The van der Waals surface area contributed by atoms with Gasteiger partial charge in [0.1, 0.15) is 5.82 Å². The van der Waals surface area contributed by atoms with Crippen LogP contribution in [0.25, 0.3) is 10.8 Å². The van der Waals surface area contributed by atoms with Gasteiger partial charge in [0.2, 0.25) is 0 Å². The standard InChI is InChI=1S/C39H45F/c1-3-5-7-9-11-13-32-16-20-34(21-17-32)24-26-36-27-28-37-30-35(25-29-38(37)39(36)40)23-22-33-18-14-31(15-19-33)12-10-8-6-4-2/h14-21,25,27-30H,3-13,24,26H2,1-2H3. The van der Waals surface area contributed by atoms with Gasteiger partial charge >= 0.3 is 0 Å². The second-order valence-electron chi connectivity index (χ2n) is 11.2. The van der Waals surface area contributed by atoms with E-state index in [0.29, 0.717) is 11.8 Å². The molecule has 40 heavy (non-hydrogen) atoms. The molecule has 0 atom stereocenters. The Morgan fingerprint density at radius 1 is 0.500 bits per heavy atom. The molecule has 4 aromatic carbocycles. The molecule has 0 aliphatic heterocycles. The summed E-state index contributed by atoms with van der Waals surface area (Å²) < 4.78 is 15.4. The lowest BCUT2D eigenvalue weighted by Gasteiger charge is -2.08. The van der Waals surface area contributed by atoms with E-state index in [1.165, 1.54) is 74.5 Å². The second kappa shape index (κ2) is 16.0. The summed E-state index contributed by atoms with van der Waals surface area (Å²) in [5.74, 6) is 6.44. The summed E-state index contributed by atoms with van der Waals surface area (Å²) in [7, 11) is 0. The lowest BCUT2D eigenvalue weighted by Crippen LogP contribution is -1.96. The number of benzene rings is 4. The zero-order chi connectivity index (χ0) is 28.0. The normalized spacial score (nSPS) is 11.0. The summed E-state index contributed by atoms with van der Waals surface area (Å²) in [6.07, 6.45) is 15.5. The van der Waals surface area contributed by atoms with Crippen LogP contribution in [0.15, 0.2) is 78.9 Å². The topological polar surface area (TPSA) is 0 Å². The van der Waals surface area contributed by atoms with Crippen LogP contribution in [0.4, 0.5) is 4.39 Å². The first-order valence-electron chi connectivity index (χ1n) is 15.6. The average molecular weight is 533 g/mol. The molecule has 4 aromatic rings. The number of hydrogen-bond donors (Lipinski definition) is 0. The molecule has 0 radical (unpaired) electrons. The van der Waals surface area contributed by atoms with Crippen molar-refractivity contribution in [1.29, 1.82) is 0 Å². The fraction of sp³-hybridized carbons (Fsp3) is 0.385. The smallest absolute Gasteiger partial charge is 0.134 e. The molecule has 0 unspecified atom stereocenters. The quantitative estimate of drug-likeness (QED) is 0.112. The maximum Gasteiger partial charge on any atom is 0.134 e. The van der Waals surface area contributed by atoms with Gasteiger partial charge in [-0.2, -0.15) is 0 Å². The summed E-state index contributed by atoms with van der Waals surface area (Å²) in [6.45, 7) is 4.50. The van der Waals surface area contributed by atoms with Gasteiger partial charge in [-0.15, -0.1) is 0 Å². The van der Waals surface area contributed by atoms with Crippen molar-refractivity contribution in [1.82, 2.24) is 0 Å². The maximum atomic E-state index is 15.4. The maximum absolute atomic E-state index is 15.4. The average Bonchev–Trinajstić information content (AvgIpc) is 2.99. The highest BCUT2D eigenvalue weighted by atomic mass is 19.1. The van der Waals surface area contributed by atoms with Crippen LogP contribution in [0, 0.1) is 17.7 Å². The van der Waals surface area contributed by atoms with Gasteiger partial charge in [-0.25, -0.2) is 4.39 Å². The molecule has 1 heteroatoms. The fourth-order valence-corrected chi connectivity index (χ4v) is 5.35. The van der Waals surface area contributed by atoms with Crippen LogP contribution < -0.4 is 0 Å². The number of unbranched alkanes of at least 4 members (excludes halogenated alkanes) is 7. The molecule has 0 nitrogen and oxygen atoms in total. The first-order chi connectivity index (χ1) is 19.7. The van der Waals surface area contributed by atoms with Crippen LogP contribution in [0.5, 0.6) is 0 Å². The molecule has 0 heterocycles. The van der Waals surface area contributed by atoms with Crippen LogP contribution in [-0.2, 0) is 25.7 Å². The molecular weight excluding hydrogens is 487 g/mol. The molecule has 0 aliphatic rings. The molecule has 0 amide bonds. The summed E-state index contributed by atoms with van der Waals surface area (Å²) in [5, 5.41) is 1.58. The van der Waals surface area contributed by atoms with Crippen molar-refractivity contribution >= 4 is 10.8 Å². The van der Waals surface area contributed by atoms with E-state index in [2.05, 4.69) is 74.2 Å². The van der Waals surface area contributed by atoms with Gasteiger partial charge in [-0.3, -0.25) is 0 Å². The Balaban J connectivity index is 1.32. The Morgan fingerprint density at radius 3 is 1.68 bits per heavy atom. The van der Waals surface area contributed by atoms with Gasteiger partial charge < -0.3 is 0 Å². The van der Waals surface area contributed by atoms with Crippen LogP contribution in [0.2, 0.25) is 0 Å². The zero-order valence-electron chi connectivity index (χ0n) is 24.6. The minimum Gasteiger partial charge on any atom is -0.206 e.